The summed E-state index contributed by atoms with van der Waals surface area (Å²) in [7, 11) is 0. The molecule has 0 radical (unpaired) electrons. The van der Waals surface area contributed by atoms with Gasteiger partial charge < -0.3 is 9.13 Å². The number of para-hydroxylation sites is 3. The van der Waals surface area contributed by atoms with Crippen molar-refractivity contribution in [1.29, 1.82) is 5.26 Å². The van der Waals surface area contributed by atoms with Crippen LogP contribution < -0.4 is 0 Å². The molecule has 9 aromatic rings. The van der Waals surface area contributed by atoms with Gasteiger partial charge in [-0.1, -0.05) is 91.0 Å². The highest BCUT2D eigenvalue weighted by Gasteiger charge is 2.21. The zero-order valence-electron chi connectivity index (χ0n) is 28.6. The molecule has 6 aromatic carbocycles. The molecule has 1 aliphatic carbocycles. The SMILES string of the molecule is N#CC1=CCC(c2cc(-c3ccc(-n4c5ccccc5c5ccc6c7ccccc7n(-c7ccccc7)c6c54)cc3)cc(-c3ccc(F)cc3)n2)C=C1. The minimum atomic E-state index is -0.281. The molecule has 0 spiro atoms. The van der Waals surface area contributed by atoms with Gasteiger partial charge in [-0.3, -0.25) is 4.98 Å². The van der Waals surface area contributed by atoms with E-state index in [-0.39, 0.29) is 11.7 Å². The van der Waals surface area contributed by atoms with Gasteiger partial charge in [0.1, 0.15) is 5.82 Å². The molecule has 0 saturated heterocycles. The number of allylic oxidation sites excluding steroid dienone is 4. The van der Waals surface area contributed by atoms with E-state index in [1.165, 1.54) is 44.7 Å². The highest BCUT2D eigenvalue weighted by molar-refractivity contribution is 6.23. The van der Waals surface area contributed by atoms with Crippen LogP contribution in [0.2, 0.25) is 0 Å². The normalized spacial score (nSPS) is 14.3. The largest absolute Gasteiger partial charge is 0.307 e. The molecule has 3 heterocycles. The number of hydrogen-bond acceptors (Lipinski definition) is 2. The van der Waals surface area contributed by atoms with E-state index in [4.69, 9.17) is 4.98 Å². The highest BCUT2D eigenvalue weighted by atomic mass is 19.1. The van der Waals surface area contributed by atoms with E-state index in [0.717, 1.165) is 50.5 Å². The van der Waals surface area contributed by atoms with Gasteiger partial charge in [-0.15, -0.1) is 0 Å². The van der Waals surface area contributed by atoms with Gasteiger partial charge in [0.2, 0.25) is 0 Å². The monoisotopic (exact) mass is 682 g/mol. The molecule has 1 unspecified atom stereocenters. The third-order valence-electron chi connectivity index (χ3n) is 10.5. The Kier molecular flexibility index (Phi) is 7.16. The van der Waals surface area contributed by atoms with E-state index in [1.54, 1.807) is 12.1 Å². The van der Waals surface area contributed by atoms with Crippen molar-refractivity contribution in [2.24, 2.45) is 0 Å². The lowest BCUT2D eigenvalue weighted by Gasteiger charge is -2.17. The number of pyridine rings is 1. The fraction of sp³-hybridized carbons (Fsp3) is 0.0417. The number of rotatable bonds is 5. The Balaban J connectivity index is 1.17. The average Bonchev–Trinajstić information content (AvgIpc) is 3.74. The Morgan fingerprint density at radius 1 is 0.585 bits per heavy atom. The number of nitriles is 1. The number of aromatic nitrogens is 3. The second-order valence-corrected chi connectivity index (χ2v) is 13.6. The van der Waals surface area contributed by atoms with Crippen LogP contribution in [-0.4, -0.2) is 14.1 Å². The van der Waals surface area contributed by atoms with Crippen LogP contribution in [0.1, 0.15) is 18.0 Å². The molecule has 0 fully saturated rings. The molecule has 250 valence electrons. The van der Waals surface area contributed by atoms with Crippen LogP contribution in [0.5, 0.6) is 0 Å². The maximum Gasteiger partial charge on any atom is 0.123 e. The summed E-state index contributed by atoms with van der Waals surface area (Å²) in [6, 6.07) is 54.2. The van der Waals surface area contributed by atoms with Gasteiger partial charge in [0.25, 0.3) is 0 Å². The van der Waals surface area contributed by atoms with E-state index in [2.05, 4.69) is 149 Å². The van der Waals surface area contributed by atoms with Crippen LogP contribution in [0, 0.1) is 17.1 Å². The molecule has 0 saturated carbocycles. The van der Waals surface area contributed by atoms with Crippen molar-refractivity contribution in [3.8, 4) is 39.8 Å². The van der Waals surface area contributed by atoms with Gasteiger partial charge in [0, 0.05) is 55.7 Å². The summed E-state index contributed by atoms with van der Waals surface area (Å²) in [5.74, 6) is -0.251. The van der Waals surface area contributed by atoms with E-state index in [1.807, 2.05) is 12.2 Å². The Hall–Kier alpha value is -7.03. The number of benzene rings is 6. The molecule has 1 atom stereocenters. The molecule has 1 aliphatic rings. The van der Waals surface area contributed by atoms with Crippen molar-refractivity contribution < 1.29 is 4.39 Å². The fourth-order valence-corrected chi connectivity index (χ4v) is 8.02. The molecule has 53 heavy (non-hydrogen) atoms. The van der Waals surface area contributed by atoms with Crippen LogP contribution in [0.3, 0.4) is 0 Å². The highest BCUT2D eigenvalue weighted by Crippen LogP contribution is 2.42. The molecule has 0 bridgehead atoms. The lowest BCUT2D eigenvalue weighted by atomic mass is 9.91. The van der Waals surface area contributed by atoms with Crippen LogP contribution in [-0.2, 0) is 0 Å². The van der Waals surface area contributed by atoms with Gasteiger partial charge in [-0.25, -0.2) is 4.39 Å². The Bertz CT molecular complexity index is 2980. The lowest BCUT2D eigenvalue weighted by Crippen LogP contribution is -2.03. The first kappa shape index (κ1) is 30.8. The number of halogens is 1. The molecule has 5 heteroatoms. The van der Waals surface area contributed by atoms with E-state index < -0.39 is 0 Å². The summed E-state index contributed by atoms with van der Waals surface area (Å²) < 4.78 is 18.7. The smallest absolute Gasteiger partial charge is 0.123 e. The van der Waals surface area contributed by atoms with Gasteiger partial charge in [-0.05, 0) is 96.4 Å². The average molecular weight is 683 g/mol. The van der Waals surface area contributed by atoms with Crippen LogP contribution in [0.15, 0.2) is 175 Å². The summed E-state index contributed by atoms with van der Waals surface area (Å²) in [5, 5.41) is 14.2. The molecule has 0 aliphatic heterocycles. The van der Waals surface area contributed by atoms with E-state index >= 15 is 0 Å². The van der Waals surface area contributed by atoms with Gasteiger partial charge in [0.15, 0.2) is 0 Å². The van der Waals surface area contributed by atoms with E-state index in [0.29, 0.717) is 12.0 Å². The van der Waals surface area contributed by atoms with Gasteiger partial charge >= 0.3 is 0 Å². The van der Waals surface area contributed by atoms with Crippen LogP contribution in [0.4, 0.5) is 4.39 Å². The topological polar surface area (TPSA) is 46.5 Å². The standard InChI is InChI=1S/C48H31FN4/c49-36-22-18-34(19-23-36)44-29-35(28-43(51-44)33-16-14-31(30-50)15-17-33)32-20-24-38(25-21-32)53-46-13-7-5-11-40(46)42-27-26-41-39-10-4-6-12-45(39)52(47(41)48(42)53)37-8-2-1-3-9-37/h1-16,18-29,33H,17H2. The van der Waals surface area contributed by atoms with Crippen molar-refractivity contribution in [3.05, 3.63) is 187 Å². The predicted octanol–water partition coefficient (Wildman–Crippen LogP) is 12.2. The van der Waals surface area contributed by atoms with Crippen LogP contribution >= 0.6 is 0 Å². The summed E-state index contributed by atoms with van der Waals surface area (Å²) in [5.41, 5.74) is 12.1. The summed E-state index contributed by atoms with van der Waals surface area (Å²) in [6.45, 7) is 0. The minimum absolute atomic E-state index is 0.0295. The first-order valence-corrected chi connectivity index (χ1v) is 17.8. The minimum Gasteiger partial charge on any atom is -0.307 e. The van der Waals surface area contributed by atoms with Crippen molar-refractivity contribution in [1.82, 2.24) is 14.1 Å². The molecule has 10 rings (SSSR count). The molecule has 4 nitrogen and oxygen atoms in total. The maximum absolute atomic E-state index is 13.9. The second kappa shape index (κ2) is 12.3. The third kappa shape index (κ3) is 5.07. The molecule has 3 aromatic heterocycles. The molecular weight excluding hydrogens is 652 g/mol. The van der Waals surface area contributed by atoms with Crippen LogP contribution in [0.25, 0.3) is 77.4 Å². The fourth-order valence-electron chi connectivity index (χ4n) is 8.02. The quantitative estimate of drug-likeness (QED) is 0.181. The van der Waals surface area contributed by atoms with Gasteiger partial charge in [0.05, 0.1) is 33.8 Å². The first-order chi connectivity index (χ1) is 26.1. The summed E-state index contributed by atoms with van der Waals surface area (Å²) in [6.07, 6.45) is 6.58. The Morgan fingerprint density at radius 3 is 1.77 bits per heavy atom. The Labute approximate surface area is 305 Å². The number of hydrogen-bond donors (Lipinski definition) is 0. The summed E-state index contributed by atoms with van der Waals surface area (Å²) >= 11 is 0. The van der Waals surface area contributed by atoms with E-state index in [9.17, 15) is 9.65 Å². The number of fused-ring (bicyclic) bond motifs is 7. The lowest BCUT2D eigenvalue weighted by molar-refractivity contribution is 0.628. The second-order valence-electron chi connectivity index (χ2n) is 13.6. The number of nitrogens with zero attached hydrogens (tertiary/aromatic N) is 4. The Morgan fingerprint density at radius 2 is 1.17 bits per heavy atom. The summed E-state index contributed by atoms with van der Waals surface area (Å²) in [4.78, 5) is 5.05. The zero-order chi connectivity index (χ0) is 35.5. The first-order valence-electron chi connectivity index (χ1n) is 17.8. The molecular formula is C48H31FN4. The van der Waals surface area contributed by atoms with Gasteiger partial charge in [-0.2, -0.15) is 5.26 Å². The maximum atomic E-state index is 13.9. The van der Waals surface area contributed by atoms with Crippen molar-refractivity contribution >= 4 is 43.6 Å². The third-order valence-corrected chi connectivity index (χ3v) is 10.5. The van der Waals surface area contributed by atoms with Crippen molar-refractivity contribution in [2.75, 3.05) is 0 Å². The van der Waals surface area contributed by atoms with Crippen molar-refractivity contribution in [2.45, 2.75) is 12.3 Å². The molecule has 0 N–H and O–H groups in total. The van der Waals surface area contributed by atoms with Crippen molar-refractivity contribution in [3.63, 3.8) is 0 Å². The zero-order valence-corrected chi connectivity index (χ0v) is 28.6. The molecule has 0 amide bonds. The predicted molar refractivity (Wildman–Crippen MR) is 214 cm³/mol.